The van der Waals surface area contributed by atoms with E-state index in [2.05, 4.69) is 33.8 Å². The van der Waals surface area contributed by atoms with Crippen molar-refractivity contribution in [1.29, 1.82) is 0 Å². The summed E-state index contributed by atoms with van der Waals surface area (Å²) in [5.74, 6) is 2.70. The van der Waals surface area contributed by atoms with Gasteiger partial charge in [0.2, 0.25) is 0 Å². The predicted molar refractivity (Wildman–Crippen MR) is 104 cm³/mol. The Morgan fingerprint density at radius 3 is 2.64 bits per heavy atom. The van der Waals surface area contributed by atoms with Gasteiger partial charge in [-0.2, -0.15) is 0 Å². The highest BCUT2D eigenvalue weighted by molar-refractivity contribution is 14.1. The van der Waals surface area contributed by atoms with E-state index in [0.717, 1.165) is 14.0 Å². The number of amides is 3. The number of para-hydroxylation sites is 1. The number of ether oxygens (including phenoxy) is 1. The van der Waals surface area contributed by atoms with Crippen LogP contribution in [-0.4, -0.2) is 18.5 Å². The summed E-state index contributed by atoms with van der Waals surface area (Å²) in [5, 5.41) is 2.61. The highest BCUT2D eigenvalue weighted by Gasteiger charge is 2.34. The Labute approximate surface area is 158 Å². The molecule has 1 saturated heterocycles. The first-order chi connectivity index (χ1) is 12.1. The maximum atomic E-state index is 12.5. The topological polar surface area (TPSA) is 58.6 Å². The van der Waals surface area contributed by atoms with Crippen molar-refractivity contribution in [2.24, 2.45) is 0 Å². The quantitative estimate of drug-likeness (QED) is 0.341. The molecule has 1 fully saturated rings. The molecule has 124 valence electrons. The zero-order valence-electron chi connectivity index (χ0n) is 13.0. The van der Waals surface area contributed by atoms with Crippen molar-refractivity contribution in [3.8, 4) is 18.1 Å². The number of terminal acetylenes is 1. The van der Waals surface area contributed by atoms with Crippen LogP contribution in [0.3, 0.4) is 0 Å². The number of rotatable bonds is 4. The predicted octanol–water partition coefficient (Wildman–Crippen LogP) is 3.40. The van der Waals surface area contributed by atoms with Crippen LogP contribution in [0.25, 0.3) is 6.08 Å². The van der Waals surface area contributed by atoms with Gasteiger partial charge in [0, 0.05) is 0 Å². The van der Waals surface area contributed by atoms with Crippen LogP contribution in [0.2, 0.25) is 0 Å². The Morgan fingerprint density at radius 1 is 1.20 bits per heavy atom. The third kappa shape index (κ3) is 3.67. The molecule has 1 aliphatic heterocycles. The maximum absolute atomic E-state index is 12.5. The number of urea groups is 1. The highest BCUT2D eigenvalue weighted by atomic mass is 127. The van der Waals surface area contributed by atoms with Crippen LogP contribution in [0.4, 0.5) is 10.5 Å². The first-order valence-electron chi connectivity index (χ1n) is 7.38. The normalized spacial score (nSPS) is 15.2. The summed E-state index contributed by atoms with van der Waals surface area (Å²) in [5.41, 5.74) is 1.53. The number of anilines is 1. The van der Waals surface area contributed by atoms with Crippen LogP contribution in [0.15, 0.2) is 54.2 Å². The standard InChI is InChI=1S/C19H13IN2O3/c1-2-10-25-17-9-8-13(11-15(17)20)12-16-18(23)22(19(24)21-16)14-6-4-3-5-7-14/h1,3-9,11-12H,10H2,(H,21,24)/b16-12+. The zero-order valence-corrected chi connectivity index (χ0v) is 15.2. The molecule has 2 aromatic rings. The van der Waals surface area contributed by atoms with Gasteiger partial charge >= 0.3 is 6.03 Å². The summed E-state index contributed by atoms with van der Waals surface area (Å²) in [4.78, 5) is 25.8. The number of hydrogen-bond donors (Lipinski definition) is 1. The summed E-state index contributed by atoms with van der Waals surface area (Å²) in [6.45, 7) is 0.191. The molecule has 6 heteroatoms. The van der Waals surface area contributed by atoms with Crippen LogP contribution < -0.4 is 15.0 Å². The van der Waals surface area contributed by atoms with Gasteiger partial charge in [-0.1, -0.05) is 30.2 Å². The lowest BCUT2D eigenvalue weighted by atomic mass is 10.2. The monoisotopic (exact) mass is 444 g/mol. The fourth-order valence-electron chi connectivity index (χ4n) is 2.36. The second-order valence-electron chi connectivity index (χ2n) is 5.15. The van der Waals surface area contributed by atoms with Crippen molar-refractivity contribution < 1.29 is 14.3 Å². The summed E-state index contributed by atoms with van der Waals surface area (Å²) < 4.78 is 6.27. The molecule has 0 saturated carbocycles. The molecule has 25 heavy (non-hydrogen) atoms. The summed E-state index contributed by atoms with van der Waals surface area (Å²) in [6, 6.07) is 13.7. The number of halogens is 1. The lowest BCUT2D eigenvalue weighted by Crippen LogP contribution is -2.30. The SMILES string of the molecule is C#CCOc1ccc(/C=C2/NC(=O)N(c3ccccc3)C2=O)cc1I. The summed E-state index contributed by atoms with van der Waals surface area (Å²) >= 11 is 2.13. The Balaban J connectivity index is 1.85. The lowest BCUT2D eigenvalue weighted by molar-refractivity contribution is -0.113. The number of carbonyl (C=O) groups excluding carboxylic acids is 2. The van der Waals surface area contributed by atoms with E-state index in [1.54, 1.807) is 42.5 Å². The van der Waals surface area contributed by atoms with E-state index in [-0.39, 0.29) is 18.2 Å². The molecule has 0 unspecified atom stereocenters. The van der Waals surface area contributed by atoms with E-state index in [0.29, 0.717) is 11.4 Å². The Kier molecular flexibility index (Phi) is 5.05. The molecule has 1 aliphatic rings. The third-order valence-electron chi connectivity index (χ3n) is 3.47. The van der Waals surface area contributed by atoms with Crippen molar-refractivity contribution in [1.82, 2.24) is 5.32 Å². The van der Waals surface area contributed by atoms with Gasteiger partial charge in [0.1, 0.15) is 18.1 Å². The first-order valence-corrected chi connectivity index (χ1v) is 8.46. The van der Waals surface area contributed by atoms with Crippen molar-refractivity contribution in [2.45, 2.75) is 0 Å². The lowest BCUT2D eigenvalue weighted by Gasteiger charge is -2.10. The smallest absolute Gasteiger partial charge is 0.333 e. The molecule has 0 spiro atoms. The van der Waals surface area contributed by atoms with Gasteiger partial charge < -0.3 is 10.1 Å². The molecule has 0 aliphatic carbocycles. The first kappa shape index (κ1) is 17.0. The Bertz CT molecular complexity index is 901. The van der Waals surface area contributed by atoms with Gasteiger partial charge in [0.25, 0.3) is 5.91 Å². The second kappa shape index (κ2) is 7.40. The number of benzene rings is 2. The summed E-state index contributed by atoms with van der Waals surface area (Å²) in [6.07, 6.45) is 6.82. The molecule has 3 rings (SSSR count). The third-order valence-corrected chi connectivity index (χ3v) is 4.31. The van der Waals surface area contributed by atoms with E-state index in [4.69, 9.17) is 11.2 Å². The molecule has 1 heterocycles. The molecule has 0 atom stereocenters. The van der Waals surface area contributed by atoms with Crippen molar-refractivity contribution in [3.63, 3.8) is 0 Å². The van der Waals surface area contributed by atoms with E-state index >= 15 is 0 Å². The minimum atomic E-state index is -0.467. The molecule has 5 nitrogen and oxygen atoms in total. The maximum Gasteiger partial charge on any atom is 0.333 e. The van der Waals surface area contributed by atoms with Crippen LogP contribution in [-0.2, 0) is 4.79 Å². The molecule has 1 N–H and O–H groups in total. The molecule has 2 aromatic carbocycles. The minimum Gasteiger partial charge on any atom is -0.480 e. The van der Waals surface area contributed by atoms with Crippen molar-refractivity contribution in [2.75, 3.05) is 11.5 Å². The van der Waals surface area contributed by atoms with Crippen LogP contribution in [0, 0.1) is 15.9 Å². The van der Waals surface area contributed by atoms with E-state index in [9.17, 15) is 9.59 Å². The number of imide groups is 1. The van der Waals surface area contributed by atoms with Gasteiger partial charge in [0.05, 0.1) is 9.26 Å². The fourth-order valence-corrected chi connectivity index (χ4v) is 3.05. The Hall–Kier alpha value is -2.79. The number of nitrogens with one attached hydrogen (secondary N) is 1. The van der Waals surface area contributed by atoms with Crippen LogP contribution >= 0.6 is 22.6 Å². The van der Waals surface area contributed by atoms with Gasteiger partial charge in [-0.3, -0.25) is 4.79 Å². The largest absolute Gasteiger partial charge is 0.480 e. The number of hydrogen-bond acceptors (Lipinski definition) is 3. The zero-order chi connectivity index (χ0) is 17.8. The fraction of sp³-hybridized carbons (Fsp3) is 0.0526. The number of carbonyl (C=O) groups is 2. The van der Waals surface area contributed by atoms with Gasteiger partial charge in [-0.05, 0) is 58.5 Å². The number of nitrogens with zero attached hydrogens (tertiary/aromatic N) is 1. The molecule has 3 amide bonds. The molecular formula is C19H13IN2O3. The highest BCUT2D eigenvalue weighted by Crippen LogP contribution is 2.25. The minimum absolute atomic E-state index is 0.191. The van der Waals surface area contributed by atoms with Gasteiger partial charge in [0.15, 0.2) is 0 Å². The summed E-state index contributed by atoms with van der Waals surface area (Å²) in [7, 11) is 0. The average molecular weight is 444 g/mol. The average Bonchev–Trinajstić information content (AvgIpc) is 2.88. The molecular weight excluding hydrogens is 431 g/mol. The van der Waals surface area contributed by atoms with E-state index in [1.807, 2.05) is 12.1 Å². The second-order valence-corrected chi connectivity index (χ2v) is 6.31. The van der Waals surface area contributed by atoms with Crippen LogP contribution in [0.5, 0.6) is 5.75 Å². The van der Waals surface area contributed by atoms with Crippen molar-refractivity contribution in [3.05, 3.63) is 63.4 Å². The van der Waals surface area contributed by atoms with Gasteiger partial charge in [-0.15, -0.1) is 6.42 Å². The van der Waals surface area contributed by atoms with Gasteiger partial charge in [-0.25, -0.2) is 9.69 Å². The molecule has 0 radical (unpaired) electrons. The van der Waals surface area contributed by atoms with E-state index < -0.39 is 6.03 Å². The molecule has 0 bridgehead atoms. The molecule has 0 aromatic heterocycles. The Morgan fingerprint density at radius 2 is 1.96 bits per heavy atom. The van der Waals surface area contributed by atoms with Crippen molar-refractivity contribution >= 4 is 46.3 Å². The van der Waals surface area contributed by atoms with E-state index in [1.165, 1.54) is 0 Å². The van der Waals surface area contributed by atoms with Crippen LogP contribution in [0.1, 0.15) is 5.56 Å².